The minimum atomic E-state index is -5.20. The van der Waals surface area contributed by atoms with E-state index in [1.807, 2.05) is 42.3 Å². The number of benzene rings is 1. The summed E-state index contributed by atoms with van der Waals surface area (Å²) in [5.74, 6) is 4.66. The number of aromatic nitrogens is 9. The quantitative estimate of drug-likeness (QED) is 0.126. The summed E-state index contributed by atoms with van der Waals surface area (Å²) in [5, 5.41) is 19.8. The van der Waals surface area contributed by atoms with Crippen LogP contribution >= 0.6 is 0 Å². The van der Waals surface area contributed by atoms with Crippen LogP contribution in [0.15, 0.2) is 91.5 Å². The third-order valence-electron chi connectivity index (χ3n) is 9.73. The molecule has 0 bridgehead atoms. The average molecular weight is 873 g/mol. The number of rotatable bonds is 7. The summed E-state index contributed by atoms with van der Waals surface area (Å²) in [6, 6.07) is 15.6. The first kappa shape index (κ1) is 43.6. The summed E-state index contributed by atoms with van der Waals surface area (Å²) in [5.41, 5.74) is 6.12. The van der Waals surface area contributed by atoms with E-state index in [-0.39, 0.29) is 42.0 Å². The summed E-state index contributed by atoms with van der Waals surface area (Å²) in [4.78, 5) is 29.1. The monoisotopic (exact) mass is 872 g/mol. The van der Waals surface area contributed by atoms with Gasteiger partial charge in [-0.1, -0.05) is 5.92 Å². The highest BCUT2D eigenvalue weighted by Gasteiger charge is 2.39. The maximum atomic E-state index is 13.4. The fourth-order valence-corrected chi connectivity index (χ4v) is 6.62. The molecule has 3 N–H and O–H groups in total. The van der Waals surface area contributed by atoms with E-state index in [1.54, 1.807) is 6.20 Å². The second-order valence-corrected chi connectivity index (χ2v) is 14.0. The molecule has 0 aliphatic carbocycles. The lowest BCUT2D eigenvalue weighted by molar-refractivity contribution is -0.144. The standard InChI is InChI=1S/C22H14F7N5O.C20H21N7O/c23-14-3-6-16(7-4-14)34(9-1-2-15-5-8-19(30)33-32-15)20(35)11-18-17(22(27,28)29)10-13(12-31-18)21(24,25)26;1-13-12-28-10-9-27(13)18-11-15(17-5-8-23-26(17)2)14-3-6-21-20(19(14)24-18)16-4-7-22-25-16/h3-8,10,12H,9,11H2,(H2,30,33);3-8,11,13H,9-10,12H2,1-2H3,(H,22,25). The molecular weight excluding hydrogens is 838 g/mol. The Morgan fingerprint density at radius 1 is 0.968 bits per heavy atom. The van der Waals surface area contributed by atoms with Crippen molar-refractivity contribution in [2.75, 3.05) is 41.8 Å². The Morgan fingerprint density at radius 3 is 2.41 bits per heavy atom. The fraction of sp³-hybridized carbons (Fsp3) is 0.238. The number of anilines is 3. The van der Waals surface area contributed by atoms with Crippen molar-refractivity contribution < 1.29 is 40.3 Å². The number of hydrogen-bond donors (Lipinski definition) is 2. The molecule has 0 saturated carbocycles. The molecular formula is C42H35F7N12O2. The van der Waals surface area contributed by atoms with Gasteiger partial charge >= 0.3 is 12.4 Å². The number of carbonyl (C=O) groups is 1. The van der Waals surface area contributed by atoms with Gasteiger partial charge in [-0.3, -0.25) is 24.5 Å². The van der Waals surface area contributed by atoms with Crippen molar-refractivity contribution in [3.8, 4) is 34.5 Å². The Balaban J connectivity index is 0.000000193. The number of ether oxygens (including phenoxy) is 1. The number of hydrogen-bond acceptors (Lipinski definition) is 11. The highest BCUT2D eigenvalue weighted by Crippen LogP contribution is 2.38. The van der Waals surface area contributed by atoms with Gasteiger partial charge in [-0.05, 0) is 79.6 Å². The zero-order valence-electron chi connectivity index (χ0n) is 33.3. The smallest absolute Gasteiger partial charge is 0.382 e. The average Bonchev–Trinajstić information content (AvgIpc) is 3.95. The number of alkyl halides is 6. The molecule has 1 aliphatic rings. The first-order valence-electron chi connectivity index (χ1n) is 19.0. The van der Waals surface area contributed by atoms with E-state index in [0.29, 0.717) is 13.2 Å². The molecule has 6 aromatic heterocycles. The summed E-state index contributed by atoms with van der Waals surface area (Å²) >= 11 is 0. The molecule has 0 radical (unpaired) electrons. The van der Waals surface area contributed by atoms with Crippen LogP contribution in [0, 0.1) is 17.7 Å². The first-order chi connectivity index (χ1) is 30.1. The highest BCUT2D eigenvalue weighted by molar-refractivity contribution is 6.01. The Labute approximate surface area is 354 Å². The zero-order valence-corrected chi connectivity index (χ0v) is 33.3. The maximum Gasteiger partial charge on any atom is 0.418 e. The number of pyridine rings is 3. The molecule has 1 unspecified atom stereocenters. The number of H-pyrrole nitrogens is 1. The number of morpholine rings is 1. The largest absolute Gasteiger partial charge is 0.418 e. The van der Waals surface area contributed by atoms with Gasteiger partial charge in [-0.2, -0.15) is 36.5 Å². The number of nitrogens with zero attached hydrogens (tertiary/aromatic N) is 10. The van der Waals surface area contributed by atoms with E-state index in [9.17, 15) is 35.5 Å². The second kappa shape index (κ2) is 18.3. The van der Waals surface area contributed by atoms with Crippen molar-refractivity contribution >= 4 is 34.1 Å². The minimum Gasteiger partial charge on any atom is -0.382 e. The van der Waals surface area contributed by atoms with E-state index in [4.69, 9.17) is 15.5 Å². The number of fused-ring (bicyclic) bond motifs is 1. The number of nitrogen functional groups attached to an aromatic ring is 1. The topological polar surface area (TPSA) is 170 Å². The molecule has 1 aliphatic heterocycles. The van der Waals surface area contributed by atoms with E-state index >= 15 is 0 Å². The van der Waals surface area contributed by atoms with Gasteiger partial charge in [0.25, 0.3) is 0 Å². The minimum absolute atomic E-state index is 0.0922. The van der Waals surface area contributed by atoms with Crippen LogP contribution in [0.5, 0.6) is 0 Å². The van der Waals surface area contributed by atoms with Crippen molar-refractivity contribution in [1.29, 1.82) is 0 Å². The van der Waals surface area contributed by atoms with Crippen molar-refractivity contribution in [3.05, 3.63) is 120 Å². The predicted molar refractivity (Wildman–Crippen MR) is 217 cm³/mol. The highest BCUT2D eigenvalue weighted by atomic mass is 19.4. The Kier molecular flexibility index (Phi) is 12.6. The maximum absolute atomic E-state index is 13.4. The number of nitrogens with two attached hydrogens (primary N) is 1. The number of carbonyl (C=O) groups excluding carboxylic acids is 1. The molecule has 1 aromatic carbocycles. The summed E-state index contributed by atoms with van der Waals surface area (Å²) in [7, 11) is 1.95. The van der Waals surface area contributed by atoms with Gasteiger partial charge in [0.2, 0.25) is 5.91 Å². The molecule has 7 heterocycles. The Bertz CT molecular complexity index is 2770. The molecule has 8 rings (SSSR count). The second-order valence-electron chi connectivity index (χ2n) is 14.0. The molecule has 14 nitrogen and oxygen atoms in total. The molecule has 1 saturated heterocycles. The number of aryl methyl sites for hydroxylation is 1. The third kappa shape index (κ3) is 10.2. The van der Waals surface area contributed by atoms with Crippen LogP contribution in [-0.2, 0) is 35.4 Å². The number of nitrogens with one attached hydrogen (secondary N) is 1. The number of halogens is 7. The SMILES string of the molecule is CC1COCCN1c1cc(-c2ccnn2C)c2ccnc(-c3ccn[nH]3)c2n1.Nc1ccc(C#CCN(C(=O)Cc2ncc(C(F)(F)F)cc2C(F)(F)F)c2ccc(F)cc2)nn1. The number of amides is 1. The van der Waals surface area contributed by atoms with Crippen LogP contribution in [0.1, 0.15) is 29.4 Å². The molecule has 1 amide bonds. The molecule has 0 spiro atoms. The van der Waals surface area contributed by atoms with Gasteiger partial charge < -0.3 is 20.3 Å². The van der Waals surface area contributed by atoms with Crippen LogP contribution in [-0.4, -0.2) is 83.4 Å². The van der Waals surface area contributed by atoms with Gasteiger partial charge in [0.1, 0.15) is 34.4 Å². The van der Waals surface area contributed by atoms with Crippen LogP contribution in [0.25, 0.3) is 33.5 Å². The van der Waals surface area contributed by atoms with Crippen LogP contribution < -0.4 is 15.5 Å². The van der Waals surface area contributed by atoms with Gasteiger partial charge in [0.05, 0.1) is 60.4 Å². The summed E-state index contributed by atoms with van der Waals surface area (Å²) in [6.45, 7) is 4.00. The van der Waals surface area contributed by atoms with Crippen molar-refractivity contribution in [3.63, 3.8) is 0 Å². The lowest BCUT2D eigenvalue weighted by atomic mass is 10.0. The fourth-order valence-electron chi connectivity index (χ4n) is 6.62. The van der Waals surface area contributed by atoms with Crippen molar-refractivity contribution in [2.24, 2.45) is 7.05 Å². The molecule has 63 heavy (non-hydrogen) atoms. The van der Waals surface area contributed by atoms with Crippen LogP contribution in [0.2, 0.25) is 0 Å². The molecule has 21 heteroatoms. The first-order valence-corrected chi connectivity index (χ1v) is 19.0. The zero-order chi connectivity index (χ0) is 44.9. The number of aromatic amines is 1. The van der Waals surface area contributed by atoms with E-state index < -0.39 is 47.3 Å². The Hall–Kier alpha value is -7.47. The van der Waals surface area contributed by atoms with Gasteiger partial charge in [0.15, 0.2) is 0 Å². The van der Waals surface area contributed by atoms with E-state index in [0.717, 1.165) is 62.9 Å². The Morgan fingerprint density at radius 2 is 1.76 bits per heavy atom. The third-order valence-corrected chi connectivity index (χ3v) is 9.73. The summed E-state index contributed by atoms with van der Waals surface area (Å²) in [6.07, 6.45) is -5.67. The van der Waals surface area contributed by atoms with Gasteiger partial charge in [-0.25, -0.2) is 9.37 Å². The van der Waals surface area contributed by atoms with E-state index in [1.165, 1.54) is 24.3 Å². The van der Waals surface area contributed by atoms with E-state index in [2.05, 4.69) is 65.2 Å². The van der Waals surface area contributed by atoms with Crippen molar-refractivity contribution in [1.82, 2.24) is 45.1 Å². The van der Waals surface area contributed by atoms with Crippen LogP contribution in [0.4, 0.5) is 48.1 Å². The van der Waals surface area contributed by atoms with Gasteiger partial charge in [0, 0.05) is 55.0 Å². The molecule has 1 fully saturated rings. The molecule has 324 valence electrons. The normalized spacial score (nSPS) is 14.1. The lowest BCUT2D eigenvalue weighted by Crippen LogP contribution is -2.44. The molecule has 7 aromatic rings. The predicted octanol–water partition coefficient (Wildman–Crippen LogP) is 6.90. The van der Waals surface area contributed by atoms with Gasteiger partial charge in [-0.15, -0.1) is 10.2 Å². The van der Waals surface area contributed by atoms with Crippen LogP contribution in [0.3, 0.4) is 0 Å². The lowest BCUT2D eigenvalue weighted by Gasteiger charge is -2.34. The van der Waals surface area contributed by atoms with Crippen molar-refractivity contribution in [2.45, 2.75) is 31.7 Å². The molecule has 1 atom stereocenters. The summed E-state index contributed by atoms with van der Waals surface area (Å²) < 4.78 is 99.8.